The van der Waals surface area contributed by atoms with Gasteiger partial charge in [0.25, 0.3) is 5.91 Å². The van der Waals surface area contributed by atoms with E-state index in [0.717, 1.165) is 12.8 Å². The van der Waals surface area contributed by atoms with Crippen LogP contribution in [0.2, 0.25) is 0 Å². The van der Waals surface area contributed by atoms with E-state index in [1.54, 1.807) is 36.9 Å². The molecular formula is C28H34N4O8S. The minimum Gasteiger partial charge on any atom is -0.497 e. The van der Waals surface area contributed by atoms with Gasteiger partial charge in [-0.25, -0.2) is 18.7 Å². The second-order valence-electron chi connectivity index (χ2n) is 10.4. The lowest BCUT2D eigenvalue weighted by Crippen LogP contribution is -2.58. The molecule has 2 aromatic carbocycles. The number of sulfone groups is 1. The third-order valence-corrected chi connectivity index (χ3v) is 10.5. The molecule has 0 unspecified atom stereocenters. The maximum atomic E-state index is 13.6. The van der Waals surface area contributed by atoms with E-state index in [0.29, 0.717) is 42.7 Å². The lowest BCUT2D eigenvalue weighted by Gasteiger charge is -2.39. The molecule has 1 aliphatic carbocycles. The molecule has 0 radical (unpaired) electrons. The van der Waals surface area contributed by atoms with E-state index in [2.05, 4.69) is 4.90 Å². The highest BCUT2D eigenvalue weighted by Crippen LogP contribution is 2.39. The minimum absolute atomic E-state index is 0.0235. The first-order valence-electron chi connectivity index (χ1n) is 13.5. The van der Waals surface area contributed by atoms with E-state index in [9.17, 15) is 28.3 Å². The van der Waals surface area contributed by atoms with Crippen LogP contribution in [0.3, 0.4) is 0 Å². The van der Waals surface area contributed by atoms with E-state index < -0.39 is 26.2 Å². The third-order valence-electron chi connectivity index (χ3n) is 7.94. The molecular weight excluding hydrogens is 552 g/mol. The third kappa shape index (κ3) is 5.56. The Bertz CT molecular complexity index is 1540. The van der Waals surface area contributed by atoms with Crippen LogP contribution in [0.25, 0.3) is 5.69 Å². The van der Waals surface area contributed by atoms with Gasteiger partial charge in [-0.1, -0.05) is 0 Å². The van der Waals surface area contributed by atoms with Gasteiger partial charge in [-0.05, 0) is 80.6 Å². The molecule has 2 fully saturated rings. The Labute approximate surface area is 237 Å². The smallest absolute Gasteiger partial charge is 0.335 e. The monoisotopic (exact) mass is 586 g/mol. The van der Waals surface area contributed by atoms with E-state index in [1.165, 1.54) is 39.6 Å². The van der Waals surface area contributed by atoms with Crippen molar-refractivity contribution in [3.05, 3.63) is 65.2 Å². The van der Waals surface area contributed by atoms with Crippen molar-refractivity contribution in [3.63, 3.8) is 0 Å². The van der Waals surface area contributed by atoms with Gasteiger partial charge in [-0.15, -0.1) is 0 Å². The number of aromatic nitrogens is 2. The number of carbonyl (C=O) groups is 1. The maximum absolute atomic E-state index is 13.6. The van der Waals surface area contributed by atoms with E-state index in [4.69, 9.17) is 9.47 Å². The first-order chi connectivity index (χ1) is 19.7. The van der Waals surface area contributed by atoms with Gasteiger partial charge in [-0.2, -0.15) is 0 Å². The van der Waals surface area contributed by atoms with Crippen LogP contribution in [0.5, 0.6) is 17.4 Å². The van der Waals surface area contributed by atoms with Gasteiger partial charge in [0.1, 0.15) is 11.5 Å². The fourth-order valence-electron chi connectivity index (χ4n) is 5.37. The molecule has 1 aliphatic heterocycles. The minimum atomic E-state index is -4.11. The van der Waals surface area contributed by atoms with Crippen LogP contribution in [-0.4, -0.2) is 76.3 Å². The Morgan fingerprint density at radius 1 is 1.05 bits per heavy atom. The number of nitrogens with zero attached hydrogens (tertiary/aromatic N) is 3. The maximum Gasteiger partial charge on any atom is 0.335 e. The zero-order chi connectivity index (χ0) is 29.2. The lowest BCUT2D eigenvalue weighted by molar-refractivity contribution is -0.133. The topological polar surface area (TPSA) is 152 Å². The second-order valence-corrected chi connectivity index (χ2v) is 12.6. The molecule has 1 aromatic heterocycles. The summed E-state index contributed by atoms with van der Waals surface area (Å²) < 4.78 is 39.0. The van der Waals surface area contributed by atoms with Crippen LogP contribution < -0.4 is 20.6 Å². The van der Waals surface area contributed by atoms with Crippen molar-refractivity contribution in [2.45, 2.75) is 54.3 Å². The molecule has 0 atom stereocenters. The molecule has 1 amide bonds. The van der Waals surface area contributed by atoms with Crippen LogP contribution in [0.15, 0.2) is 64.4 Å². The molecule has 1 saturated carbocycles. The molecule has 2 heterocycles. The molecule has 5 rings (SSSR count). The Kier molecular flexibility index (Phi) is 8.11. The van der Waals surface area contributed by atoms with Gasteiger partial charge in [0.15, 0.2) is 14.6 Å². The number of hydrogen-bond acceptors (Lipinski definition) is 9. The number of nitrogens with one attached hydrogen (secondary N) is 1. The van der Waals surface area contributed by atoms with E-state index in [-0.39, 0.29) is 36.8 Å². The highest BCUT2D eigenvalue weighted by Gasteiger charge is 2.54. The molecule has 41 heavy (non-hydrogen) atoms. The van der Waals surface area contributed by atoms with Gasteiger partial charge < -0.3 is 19.5 Å². The van der Waals surface area contributed by atoms with Crippen molar-refractivity contribution in [2.75, 3.05) is 26.8 Å². The van der Waals surface area contributed by atoms with E-state index in [1.807, 2.05) is 0 Å². The zero-order valence-electron chi connectivity index (χ0n) is 22.7. The molecule has 3 aromatic rings. The molecule has 0 bridgehead atoms. The fraction of sp³-hybridized carbons (Fsp3) is 0.429. The summed E-state index contributed by atoms with van der Waals surface area (Å²) in [5.41, 5.74) is 1.77. The van der Waals surface area contributed by atoms with Gasteiger partial charge in [0.05, 0.1) is 30.5 Å². The molecule has 2 aliphatic rings. The zero-order valence-corrected chi connectivity index (χ0v) is 23.5. The summed E-state index contributed by atoms with van der Waals surface area (Å²) in [6, 6.07) is 13.2. The highest BCUT2D eigenvalue weighted by atomic mass is 32.2. The summed E-state index contributed by atoms with van der Waals surface area (Å²) in [6.45, 7) is 1.36. The lowest BCUT2D eigenvalue weighted by atomic mass is 9.94. The summed E-state index contributed by atoms with van der Waals surface area (Å²) in [4.78, 5) is 27.7. The number of benzene rings is 2. The van der Waals surface area contributed by atoms with Crippen molar-refractivity contribution in [1.29, 1.82) is 0 Å². The normalized spacial score (nSPS) is 17.2. The molecule has 1 saturated heterocycles. The first-order valence-corrected chi connectivity index (χ1v) is 15.0. The van der Waals surface area contributed by atoms with Crippen molar-refractivity contribution in [3.8, 4) is 23.1 Å². The van der Waals surface area contributed by atoms with Gasteiger partial charge in [0.2, 0.25) is 5.88 Å². The number of imidazole rings is 1. The first kappa shape index (κ1) is 28.7. The standard InChI is InChI=1S/C28H34N4O8S/c1-39-22-7-5-21(6-8-22)32-19-25(33)31(27(32)35)15-2-18-40-23-9-11-24(12-10-23)41(37,38)28(26(34)29-36)13-16-30(17-14-28)20-3-4-20/h5-12,19-20,33,36H,2-4,13-18H2,1H3,(H,29,34). The molecule has 220 valence electrons. The Balaban J connectivity index is 1.20. The van der Waals surface area contributed by atoms with Crippen molar-refractivity contribution in [2.24, 2.45) is 0 Å². The summed E-state index contributed by atoms with van der Waals surface area (Å²) >= 11 is 0. The SMILES string of the molecule is COc1ccc(-n2cc(O)n(CCCOc3ccc(S(=O)(=O)C4(C(=O)NO)CCN(C5CC5)CC4)cc3)c2=O)cc1. The molecule has 3 N–H and O–H groups in total. The van der Waals surface area contributed by atoms with Crippen LogP contribution in [0, 0.1) is 0 Å². The largest absolute Gasteiger partial charge is 0.497 e. The number of likely N-dealkylation sites (tertiary alicyclic amines) is 1. The van der Waals surface area contributed by atoms with Crippen molar-refractivity contribution < 1.29 is 33.0 Å². The summed E-state index contributed by atoms with van der Waals surface area (Å²) in [7, 11) is -2.55. The number of hydrogen-bond donors (Lipinski definition) is 3. The fourth-order valence-corrected chi connectivity index (χ4v) is 7.32. The number of aromatic hydroxyl groups is 1. The van der Waals surface area contributed by atoms with Crippen LogP contribution in [0.4, 0.5) is 0 Å². The summed E-state index contributed by atoms with van der Waals surface area (Å²) in [5.74, 6) is -0.0186. The number of methoxy groups -OCH3 is 1. The highest BCUT2D eigenvalue weighted by molar-refractivity contribution is 7.93. The number of hydroxylamine groups is 1. The predicted octanol–water partition coefficient (Wildman–Crippen LogP) is 2.10. The van der Waals surface area contributed by atoms with E-state index >= 15 is 0 Å². The number of amides is 1. The number of piperidine rings is 1. The van der Waals surface area contributed by atoms with Crippen molar-refractivity contribution >= 4 is 15.7 Å². The number of ether oxygens (including phenoxy) is 2. The Morgan fingerprint density at radius 2 is 1.68 bits per heavy atom. The van der Waals surface area contributed by atoms with Crippen LogP contribution in [0.1, 0.15) is 32.1 Å². The average Bonchev–Trinajstić information content (AvgIpc) is 3.81. The second kappa shape index (κ2) is 11.6. The summed E-state index contributed by atoms with van der Waals surface area (Å²) in [5, 5.41) is 19.7. The van der Waals surface area contributed by atoms with Crippen molar-refractivity contribution in [1.82, 2.24) is 19.5 Å². The molecule has 13 heteroatoms. The number of carbonyl (C=O) groups excluding carboxylic acids is 1. The quantitative estimate of drug-likeness (QED) is 0.174. The molecule has 12 nitrogen and oxygen atoms in total. The summed E-state index contributed by atoms with van der Waals surface area (Å²) in [6.07, 6.45) is 4.12. The van der Waals surface area contributed by atoms with Gasteiger partial charge >= 0.3 is 5.69 Å². The van der Waals surface area contributed by atoms with Crippen LogP contribution >= 0.6 is 0 Å². The Hall–Kier alpha value is -3.81. The van der Waals surface area contributed by atoms with Gasteiger partial charge in [-0.3, -0.25) is 19.1 Å². The van der Waals surface area contributed by atoms with Crippen LogP contribution in [-0.2, 0) is 21.2 Å². The van der Waals surface area contributed by atoms with Gasteiger partial charge in [0, 0.05) is 25.7 Å². The Morgan fingerprint density at radius 3 is 2.27 bits per heavy atom. The predicted molar refractivity (Wildman–Crippen MR) is 148 cm³/mol. The average molecular weight is 587 g/mol. The molecule has 0 spiro atoms. The number of rotatable bonds is 11.